The lowest BCUT2D eigenvalue weighted by atomic mass is 10.00. The minimum atomic E-state index is -0.215. The third-order valence-corrected chi connectivity index (χ3v) is 5.93. The van der Waals surface area contributed by atoms with Crippen molar-refractivity contribution in [3.05, 3.63) is 70.6 Å². The predicted octanol–water partition coefficient (Wildman–Crippen LogP) is 2.65. The Morgan fingerprint density at radius 2 is 1.87 bits per heavy atom. The highest BCUT2D eigenvalue weighted by Crippen LogP contribution is 2.29. The second-order valence-electron chi connectivity index (χ2n) is 7.98. The number of morpholine rings is 1. The molecular formula is C24H27N5O2. The van der Waals surface area contributed by atoms with Crippen LogP contribution < -0.4 is 11.0 Å². The van der Waals surface area contributed by atoms with Crippen molar-refractivity contribution in [2.45, 2.75) is 13.0 Å². The van der Waals surface area contributed by atoms with Crippen molar-refractivity contribution in [2.75, 3.05) is 39.4 Å². The molecule has 0 aliphatic carbocycles. The zero-order chi connectivity index (χ0) is 21.0. The summed E-state index contributed by atoms with van der Waals surface area (Å²) in [6.07, 6.45) is 1.15. The van der Waals surface area contributed by atoms with Crippen LogP contribution in [-0.4, -0.2) is 58.9 Å². The van der Waals surface area contributed by atoms with E-state index < -0.39 is 0 Å². The van der Waals surface area contributed by atoms with Crippen LogP contribution in [0.2, 0.25) is 0 Å². The Morgan fingerprint density at radius 1 is 1.06 bits per heavy atom. The number of nitrogens with zero attached hydrogens (tertiary/aromatic N) is 3. The number of aromatic nitrogens is 3. The van der Waals surface area contributed by atoms with Crippen LogP contribution in [0.4, 0.5) is 0 Å². The van der Waals surface area contributed by atoms with Crippen LogP contribution in [0.5, 0.6) is 0 Å². The van der Waals surface area contributed by atoms with Crippen molar-refractivity contribution < 1.29 is 4.74 Å². The van der Waals surface area contributed by atoms with Crippen molar-refractivity contribution in [3.63, 3.8) is 0 Å². The molecule has 31 heavy (non-hydrogen) atoms. The van der Waals surface area contributed by atoms with Crippen molar-refractivity contribution >= 4 is 16.6 Å². The summed E-state index contributed by atoms with van der Waals surface area (Å²) in [6, 6.07) is 18.5. The Morgan fingerprint density at radius 3 is 2.71 bits per heavy atom. The van der Waals surface area contributed by atoms with Crippen molar-refractivity contribution in [1.29, 1.82) is 0 Å². The zero-order valence-corrected chi connectivity index (χ0v) is 17.5. The van der Waals surface area contributed by atoms with Crippen LogP contribution in [0, 0.1) is 0 Å². The molecule has 0 unspecified atom stereocenters. The molecule has 5 rings (SSSR count). The fourth-order valence-electron chi connectivity index (χ4n) is 4.27. The second kappa shape index (κ2) is 9.01. The number of aromatic amines is 1. The summed E-state index contributed by atoms with van der Waals surface area (Å²) in [5.74, 6) is 0. The highest BCUT2D eigenvalue weighted by molar-refractivity contribution is 5.97. The summed E-state index contributed by atoms with van der Waals surface area (Å²) in [5.41, 5.74) is 4.73. The molecular weight excluding hydrogens is 390 g/mol. The van der Waals surface area contributed by atoms with Gasteiger partial charge in [-0.15, -0.1) is 0 Å². The summed E-state index contributed by atoms with van der Waals surface area (Å²) in [7, 11) is 0. The van der Waals surface area contributed by atoms with Gasteiger partial charge in [0.25, 0.3) is 0 Å². The number of rotatable bonds is 7. The smallest absolute Gasteiger partial charge is 0.348 e. The molecule has 3 heterocycles. The maximum Gasteiger partial charge on any atom is 0.348 e. The molecule has 0 saturated carbocycles. The SMILES string of the molecule is O=c1[nH]nc2cc(-c3ccc(CNCCCN4CCOCC4)cc3)c3ccccc3n12. The fraction of sp³-hybridized carbons (Fsp3) is 0.333. The number of pyridine rings is 1. The first kappa shape index (κ1) is 19.9. The lowest BCUT2D eigenvalue weighted by Gasteiger charge is -2.26. The summed E-state index contributed by atoms with van der Waals surface area (Å²) < 4.78 is 7.01. The molecule has 1 fully saturated rings. The number of hydrogen-bond donors (Lipinski definition) is 2. The van der Waals surface area contributed by atoms with Gasteiger partial charge in [0.15, 0.2) is 5.65 Å². The molecule has 7 nitrogen and oxygen atoms in total. The summed E-state index contributed by atoms with van der Waals surface area (Å²) in [4.78, 5) is 14.6. The van der Waals surface area contributed by atoms with E-state index in [4.69, 9.17) is 4.74 Å². The normalized spacial score (nSPS) is 15.1. The number of benzene rings is 2. The van der Waals surface area contributed by atoms with E-state index in [2.05, 4.69) is 44.7 Å². The van der Waals surface area contributed by atoms with Crippen molar-refractivity contribution in [2.24, 2.45) is 0 Å². The number of ether oxygens (including phenoxy) is 1. The Labute approximate surface area is 180 Å². The van der Waals surface area contributed by atoms with Gasteiger partial charge >= 0.3 is 5.69 Å². The summed E-state index contributed by atoms with van der Waals surface area (Å²) in [5, 5.41) is 11.3. The maximum atomic E-state index is 12.2. The van der Waals surface area contributed by atoms with Gasteiger partial charge in [0.2, 0.25) is 0 Å². The largest absolute Gasteiger partial charge is 0.379 e. The number of H-pyrrole nitrogens is 1. The molecule has 0 radical (unpaired) electrons. The molecule has 2 aromatic carbocycles. The molecule has 1 saturated heterocycles. The van der Waals surface area contributed by atoms with Crippen LogP contribution in [0.1, 0.15) is 12.0 Å². The number of para-hydroxylation sites is 1. The van der Waals surface area contributed by atoms with Gasteiger partial charge in [-0.05, 0) is 48.3 Å². The van der Waals surface area contributed by atoms with Crippen LogP contribution in [0.3, 0.4) is 0 Å². The van der Waals surface area contributed by atoms with E-state index in [1.807, 2.05) is 30.3 Å². The first-order valence-corrected chi connectivity index (χ1v) is 10.9. The average molecular weight is 418 g/mol. The van der Waals surface area contributed by atoms with Gasteiger partial charge in [0.1, 0.15) is 0 Å². The zero-order valence-electron chi connectivity index (χ0n) is 17.5. The van der Waals surface area contributed by atoms with Gasteiger partial charge in [0, 0.05) is 25.0 Å². The summed E-state index contributed by atoms with van der Waals surface area (Å²) in [6.45, 7) is 6.81. The number of nitrogens with one attached hydrogen (secondary N) is 2. The predicted molar refractivity (Wildman–Crippen MR) is 122 cm³/mol. The van der Waals surface area contributed by atoms with E-state index in [0.29, 0.717) is 5.65 Å². The van der Waals surface area contributed by atoms with E-state index in [1.165, 1.54) is 5.56 Å². The Bertz CT molecular complexity index is 1220. The minimum absolute atomic E-state index is 0.215. The highest BCUT2D eigenvalue weighted by atomic mass is 16.5. The number of hydrogen-bond acceptors (Lipinski definition) is 5. The van der Waals surface area contributed by atoms with Crippen LogP contribution >= 0.6 is 0 Å². The molecule has 160 valence electrons. The van der Waals surface area contributed by atoms with Crippen molar-refractivity contribution in [3.8, 4) is 11.1 Å². The third-order valence-electron chi connectivity index (χ3n) is 5.93. The van der Waals surface area contributed by atoms with E-state index >= 15 is 0 Å². The first-order chi connectivity index (χ1) is 15.3. The molecule has 7 heteroatoms. The molecule has 0 bridgehead atoms. The van der Waals surface area contributed by atoms with Gasteiger partial charge in [0.05, 0.1) is 18.7 Å². The van der Waals surface area contributed by atoms with Gasteiger partial charge in [-0.3, -0.25) is 4.90 Å². The first-order valence-electron chi connectivity index (χ1n) is 10.9. The minimum Gasteiger partial charge on any atom is -0.379 e. The molecule has 0 atom stereocenters. The molecule has 2 aromatic heterocycles. The standard InChI is InChI=1S/C24H27N5O2/c30-24-27-26-23-16-21(20-4-1-2-5-22(20)29(23)24)19-8-6-18(7-9-19)17-25-10-3-11-28-12-14-31-15-13-28/h1-2,4-9,16,25H,3,10-15,17H2,(H,27,30). The molecule has 1 aliphatic rings. The van der Waals surface area contributed by atoms with Gasteiger partial charge in [-0.1, -0.05) is 42.5 Å². The van der Waals surface area contributed by atoms with Crippen LogP contribution in [-0.2, 0) is 11.3 Å². The van der Waals surface area contributed by atoms with Crippen molar-refractivity contribution in [1.82, 2.24) is 24.8 Å². The lowest BCUT2D eigenvalue weighted by molar-refractivity contribution is 0.0374. The maximum absolute atomic E-state index is 12.2. The second-order valence-corrected chi connectivity index (χ2v) is 7.98. The molecule has 0 spiro atoms. The third kappa shape index (κ3) is 4.25. The van der Waals surface area contributed by atoms with Gasteiger partial charge in [-0.2, -0.15) is 5.10 Å². The molecule has 2 N–H and O–H groups in total. The molecule has 0 amide bonds. The van der Waals surface area contributed by atoms with E-state index in [0.717, 1.165) is 74.4 Å². The van der Waals surface area contributed by atoms with E-state index in [-0.39, 0.29) is 5.69 Å². The molecule has 1 aliphatic heterocycles. The van der Waals surface area contributed by atoms with Crippen LogP contribution in [0.15, 0.2) is 59.4 Å². The monoisotopic (exact) mass is 417 g/mol. The Kier molecular flexibility index (Phi) is 5.80. The van der Waals surface area contributed by atoms with E-state index in [9.17, 15) is 4.79 Å². The van der Waals surface area contributed by atoms with Gasteiger partial charge in [-0.25, -0.2) is 14.3 Å². The Balaban J connectivity index is 1.26. The topological polar surface area (TPSA) is 74.7 Å². The van der Waals surface area contributed by atoms with E-state index in [1.54, 1.807) is 4.40 Å². The van der Waals surface area contributed by atoms with Gasteiger partial charge < -0.3 is 10.1 Å². The fourth-order valence-corrected chi connectivity index (χ4v) is 4.27. The number of fused-ring (bicyclic) bond motifs is 3. The van der Waals surface area contributed by atoms with Crippen LogP contribution in [0.25, 0.3) is 27.7 Å². The summed E-state index contributed by atoms with van der Waals surface area (Å²) >= 11 is 0. The quantitative estimate of drug-likeness (QED) is 0.452. The highest BCUT2D eigenvalue weighted by Gasteiger charge is 2.12. The average Bonchev–Trinajstić information content (AvgIpc) is 3.20. The molecule has 4 aromatic rings. The lowest BCUT2D eigenvalue weighted by Crippen LogP contribution is -2.37. The Hall–Kier alpha value is -3.00.